The largest absolute Gasteiger partial charge is 0.461 e. The molecule has 4 atom stereocenters. The van der Waals surface area contributed by atoms with Gasteiger partial charge in [0.2, 0.25) is 0 Å². The number of ether oxygens (including phenoxy) is 2. The lowest BCUT2D eigenvalue weighted by atomic mass is 10.0. The van der Waals surface area contributed by atoms with Gasteiger partial charge in [0.05, 0.1) is 23.4 Å². The number of rotatable bonds is 4. The Labute approximate surface area is 131 Å². The van der Waals surface area contributed by atoms with E-state index in [0.29, 0.717) is 18.6 Å². The average molecular weight is 304 g/mol. The Bertz CT molecular complexity index is 548. The van der Waals surface area contributed by atoms with Gasteiger partial charge in [-0.25, -0.2) is 4.79 Å². The summed E-state index contributed by atoms with van der Waals surface area (Å²) in [6.45, 7) is 6.36. The van der Waals surface area contributed by atoms with Crippen molar-refractivity contribution in [2.24, 2.45) is 11.3 Å². The van der Waals surface area contributed by atoms with Crippen LogP contribution < -0.4 is 0 Å². The number of esters is 1. The number of aliphatic hydroxyl groups excluding tert-OH is 1. The predicted molar refractivity (Wildman–Crippen MR) is 82.5 cm³/mol. The summed E-state index contributed by atoms with van der Waals surface area (Å²) in [5.74, 6) is -0.111. The van der Waals surface area contributed by atoms with Crippen LogP contribution in [0.4, 0.5) is 0 Å². The molecule has 1 aromatic carbocycles. The van der Waals surface area contributed by atoms with E-state index >= 15 is 0 Å². The second-order valence-electron chi connectivity index (χ2n) is 7.51. The second-order valence-corrected chi connectivity index (χ2v) is 7.51. The van der Waals surface area contributed by atoms with Crippen LogP contribution in [0.5, 0.6) is 0 Å². The van der Waals surface area contributed by atoms with Gasteiger partial charge in [-0.05, 0) is 45.2 Å². The zero-order valence-electron chi connectivity index (χ0n) is 13.4. The smallest absolute Gasteiger partial charge is 0.338 e. The molecule has 0 radical (unpaired) electrons. The molecule has 2 saturated carbocycles. The van der Waals surface area contributed by atoms with E-state index in [1.807, 2.05) is 39.0 Å². The summed E-state index contributed by atoms with van der Waals surface area (Å²) in [7, 11) is 0. The molecule has 1 aromatic rings. The van der Waals surface area contributed by atoms with Crippen molar-refractivity contribution in [3.63, 3.8) is 0 Å². The van der Waals surface area contributed by atoms with Crippen molar-refractivity contribution < 1.29 is 19.4 Å². The summed E-state index contributed by atoms with van der Waals surface area (Å²) < 4.78 is 11.6. The first kappa shape index (κ1) is 15.5. The summed E-state index contributed by atoms with van der Waals surface area (Å²) in [6, 6.07) is 9.00. The fourth-order valence-electron chi connectivity index (χ4n) is 3.57. The standard InChI is InChI=1S/C18H24O4/c1-17(2,3)22-15-9-14(19)13-10-18(13,15)11-21-16(20)12-7-5-4-6-8-12/h4-8,13-15,19H,9-11H2,1-3H3/t13-,14-,15+,18-/m1/s1. The topological polar surface area (TPSA) is 55.8 Å². The molecule has 0 amide bonds. The number of fused-ring (bicyclic) bond motifs is 1. The van der Waals surface area contributed by atoms with E-state index in [4.69, 9.17) is 9.47 Å². The molecule has 2 aliphatic rings. The molecule has 4 nitrogen and oxygen atoms in total. The summed E-state index contributed by atoms with van der Waals surface area (Å²) >= 11 is 0. The van der Waals surface area contributed by atoms with Crippen molar-refractivity contribution in [1.29, 1.82) is 0 Å². The number of hydrogen-bond acceptors (Lipinski definition) is 4. The molecule has 0 spiro atoms. The number of aliphatic hydroxyl groups is 1. The van der Waals surface area contributed by atoms with Crippen LogP contribution in [0, 0.1) is 11.3 Å². The van der Waals surface area contributed by atoms with Crippen LogP contribution in [0.3, 0.4) is 0 Å². The molecule has 0 saturated heterocycles. The zero-order valence-corrected chi connectivity index (χ0v) is 13.4. The first-order valence-electron chi connectivity index (χ1n) is 7.90. The van der Waals surface area contributed by atoms with Gasteiger partial charge in [-0.3, -0.25) is 0 Å². The van der Waals surface area contributed by atoms with Gasteiger partial charge in [-0.1, -0.05) is 18.2 Å². The Balaban J connectivity index is 1.65. The van der Waals surface area contributed by atoms with E-state index in [2.05, 4.69) is 0 Å². The lowest BCUT2D eigenvalue weighted by Gasteiger charge is -2.31. The van der Waals surface area contributed by atoms with Gasteiger partial charge in [0.15, 0.2) is 0 Å². The van der Waals surface area contributed by atoms with Gasteiger partial charge >= 0.3 is 5.97 Å². The van der Waals surface area contributed by atoms with Crippen LogP contribution in [0.2, 0.25) is 0 Å². The highest BCUT2D eigenvalue weighted by Crippen LogP contribution is 2.65. The van der Waals surface area contributed by atoms with E-state index in [1.54, 1.807) is 12.1 Å². The van der Waals surface area contributed by atoms with Gasteiger partial charge in [-0.15, -0.1) is 0 Å². The first-order valence-corrected chi connectivity index (χ1v) is 7.90. The predicted octanol–water partition coefficient (Wildman–Crippen LogP) is 2.80. The number of benzene rings is 1. The highest BCUT2D eigenvalue weighted by Gasteiger charge is 2.68. The Morgan fingerprint density at radius 1 is 1.32 bits per heavy atom. The first-order chi connectivity index (χ1) is 10.3. The SMILES string of the molecule is CC(C)(C)O[C@H]1C[C@@H](O)[C@H]2C[C@]12COC(=O)c1ccccc1. The van der Waals surface area contributed by atoms with Gasteiger partial charge in [0, 0.05) is 11.8 Å². The highest BCUT2D eigenvalue weighted by atomic mass is 16.5. The summed E-state index contributed by atoms with van der Waals surface area (Å²) in [6.07, 6.45) is 1.11. The molecule has 2 fully saturated rings. The van der Waals surface area contributed by atoms with Crippen LogP contribution >= 0.6 is 0 Å². The maximum atomic E-state index is 12.1. The van der Waals surface area contributed by atoms with E-state index in [1.165, 1.54) is 0 Å². The normalized spacial score (nSPS) is 33.4. The molecule has 0 aromatic heterocycles. The minimum absolute atomic E-state index is 0.0453. The average Bonchev–Trinajstić information content (AvgIpc) is 3.14. The van der Waals surface area contributed by atoms with Crippen molar-refractivity contribution in [2.75, 3.05) is 6.61 Å². The fraction of sp³-hybridized carbons (Fsp3) is 0.611. The van der Waals surface area contributed by atoms with Crippen LogP contribution in [0.15, 0.2) is 30.3 Å². The number of carbonyl (C=O) groups excluding carboxylic acids is 1. The molecule has 2 aliphatic carbocycles. The third-order valence-corrected chi connectivity index (χ3v) is 4.72. The van der Waals surface area contributed by atoms with Gasteiger partial charge in [0.1, 0.15) is 6.61 Å². The molecule has 22 heavy (non-hydrogen) atoms. The van der Waals surface area contributed by atoms with Gasteiger partial charge in [-0.2, -0.15) is 0 Å². The highest BCUT2D eigenvalue weighted by molar-refractivity contribution is 5.89. The summed E-state index contributed by atoms with van der Waals surface area (Å²) in [4.78, 5) is 12.1. The van der Waals surface area contributed by atoms with Crippen molar-refractivity contribution in [1.82, 2.24) is 0 Å². The molecule has 120 valence electrons. The maximum Gasteiger partial charge on any atom is 0.338 e. The zero-order chi connectivity index (χ0) is 16.0. The van der Waals surface area contributed by atoms with Crippen LogP contribution in [0.25, 0.3) is 0 Å². The van der Waals surface area contributed by atoms with Crippen LogP contribution in [-0.4, -0.2) is 35.5 Å². The quantitative estimate of drug-likeness (QED) is 0.869. The fourth-order valence-corrected chi connectivity index (χ4v) is 3.57. The van der Waals surface area contributed by atoms with Crippen molar-refractivity contribution in [2.45, 2.75) is 51.4 Å². The molecule has 0 heterocycles. The third kappa shape index (κ3) is 2.90. The minimum atomic E-state index is -0.345. The number of carbonyl (C=O) groups is 1. The van der Waals surface area contributed by atoms with E-state index in [0.717, 1.165) is 6.42 Å². The number of hydrogen-bond donors (Lipinski definition) is 1. The third-order valence-electron chi connectivity index (χ3n) is 4.72. The second kappa shape index (κ2) is 5.36. The Morgan fingerprint density at radius 2 is 2.00 bits per heavy atom. The Morgan fingerprint density at radius 3 is 2.59 bits per heavy atom. The lowest BCUT2D eigenvalue weighted by molar-refractivity contribution is -0.0997. The van der Waals surface area contributed by atoms with Crippen molar-refractivity contribution in [3.8, 4) is 0 Å². The van der Waals surface area contributed by atoms with Crippen molar-refractivity contribution >= 4 is 5.97 Å². The summed E-state index contributed by atoms with van der Waals surface area (Å²) in [5, 5.41) is 10.1. The lowest BCUT2D eigenvalue weighted by Crippen LogP contribution is -2.35. The van der Waals surface area contributed by atoms with Crippen molar-refractivity contribution in [3.05, 3.63) is 35.9 Å². The maximum absolute atomic E-state index is 12.1. The van der Waals surface area contributed by atoms with E-state index < -0.39 is 0 Å². The van der Waals surface area contributed by atoms with E-state index in [-0.39, 0.29) is 35.1 Å². The molecule has 4 heteroatoms. The monoisotopic (exact) mass is 304 g/mol. The van der Waals surface area contributed by atoms with E-state index in [9.17, 15) is 9.90 Å². The summed E-state index contributed by atoms with van der Waals surface area (Å²) in [5.41, 5.74) is 0.0954. The Kier molecular flexibility index (Phi) is 3.77. The van der Waals surface area contributed by atoms with Crippen LogP contribution in [0.1, 0.15) is 44.0 Å². The van der Waals surface area contributed by atoms with Gasteiger partial charge < -0.3 is 14.6 Å². The molecule has 3 rings (SSSR count). The molecule has 1 N–H and O–H groups in total. The van der Waals surface area contributed by atoms with Gasteiger partial charge in [0.25, 0.3) is 0 Å². The molecular weight excluding hydrogens is 280 g/mol. The minimum Gasteiger partial charge on any atom is -0.461 e. The van der Waals surface area contributed by atoms with Crippen LogP contribution in [-0.2, 0) is 9.47 Å². The molecular formula is C18H24O4. The molecule has 0 aliphatic heterocycles. The Hall–Kier alpha value is -1.39. The molecule has 0 bridgehead atoms. The molecule has 0 unspecified atom stereocenters.